The zero-order chi connectivity index (χ0) is 17.1. The van der Waals surface area contributed by atoms with Crippen molar-refractivity contribution in [2.75, 3.05) is 0 Å². The third-order valence-corrected chi connectivity index (χ3v) is 5.02. The summed E-state index contributed by atoms with van der Waals surface area (Å²) in [7, 11) is 0. The molecule has 4 rings (SSSR count). The average molecular weight is 432 g/mol. The van der Waals surface area contributed by atoms with E-state index in [4.69, 9.17) is 0 Å². The Kier molecular flexibility index (Phi) is 4.66. The molecule has 0 N–H and O–H groups in total. The van der Waals surface area contributed by atoms with Crippen LogP contribution in [0, 0.1) is 3.57 Å². The highest BCUT2D eigenvalue weighted by Crippen LogP contribution is 2.36. The highest BCUT2D eigenvalue weighted by atomic mass is 127. The largest absolute Gasteiger partial charge is 0.0622 e. The first-order chi connectivity index (χ1) is 12.3. The van der Waals surface area contributed by atoms with Crippen molar-refractivity contribution in [3.05, 3.63) is 107 Å². The van der Waals surface area contributed by atoms with Gasteiger partial charge in [-0.05, 0) is 74.2 Å². The third kappa shape index (κ3) is 3.52. The fourth-order valence-corrected chi connectivity index (χ4v) is 3.66. The summed E-state index contributed by atoms with van der Waals surface area (Å²) in [6.07, 6.45) is 0. The van der Waals surface area contributed by atoms with Crippen LogP contribution in [0.3, 0.4) is 0 Å². The van der Waals surface area contributed by atoms with Crippen LogP contribution in [-0.2, 0) is 0 Å². The molecule has 0 spiro atoms. The summed E-state index contributed by atoms with van der Waals surface area (Å²) in [5.74, 6) is 0. The molecular weight excluding hydrogens is 415 g/mol. The van der Waals surface area contributed by atoms with E-state index in [-0.39, 0.29) is 0 Å². The van der Waals surface area contributed by atoms with Crippen molar-refractivity contribution in [3.8, 4) is 33.4 Å². The molecule has 0 amide bonds. The molecule has 0 unspecified atom stereocenters. The Hall–Kier alpha value is -2.39. The van der Waals surface area contributed by atoms with Crippen LogP contribution in [-0.4, -0.2) is 0 Å². The molecule has 0 saturated carbocycles. The Morgan fingerprint density at radius 2 is 1.04 bits per heavy atom. The van der Waals surface area contributed by atoms with Gasteiger partial charge in [-0.2, -0.15) is 0 Å². The molecule has 0 saturated heterocycles. The van der Waals surface area contributed by atoms with Crippen molar-refractivity contribution < 1.29 is 0 Å². The van der Waals surface area contributed by atoms with E-state index in [0.29, 0.717) is 0 Å². The van der Waals surface area contributed by atoms with Crippen LogP contribution in [0.25, 0.3) is 33.4 Å². The molecule has 0 aliphatic heterocycles. The van der Waals surface area contributed by atoms with Crippen molar-refractivity contribution >= 4 is 22.6 Å². The van der Waals surface area contributed by atoms with E-state index in [1.807, 2.05) is 0 Å². The lowest BCUT2D eigenvalue weighted by molar-refractivity contribution is 1.55. The smallest absolute Gasteiger partial charge is 0.0136 e. The maximum atomic E-state index is 2.37. The molecule has 0 heterocycles. The Bertz CT molecular complexity index is 989. The Balaban J connectivity index is 1.93. The van der Waals surface area contributed by atoms with Gasteiger partial charge in [0.1, 0.15) is 0 Å². The van der Waals surface area contributed by atoms with E-state index >= 15 is 0 Å². The maximum absolute atomic E-state index is 2.37. The van der Waals surface area contributed by atoms with Crippen LogP contribution in [0.2, 0.25) is 0 Å². The molecule has 0 radical (unpaired) electrons. The van der Waals surface area contributed by atoms with Gasteiger partial charge in [-0.1, -0.05) is 84.9 Å². The topological polar surface area (TPSA) is 0 Å². The summed E-state index contributed by atoms with van der Waals surface area (Å²) >= 11 is 2.37. The fraction of sp³-hybridized carbons (Fsp3) is 0. The van der Waals surface area contributed by atoms with Gasteiger partial charge in [0.25, 0.3) is 0 Å². The van der Waals surface area contributed by atoms with Gasteiger partial charge in [-0.25, -0.2) is 0 Å². The van der Waals surface area contributed by atoms with E-state index in [1.54, 1.807) is 0 Å². The number of benzene rings is 4. The molecule has 4 aromatic rings. The van der Waals surface area contributed by atoms with Gasteiger partial charge in [0, 0.05) is 3.57 Å². The van der Waals surface area contributed by atoms with E-state index in [9.17, 15) is 0 Å². The number of hydrogen-bond donors (Lipinski definition) is 0. The van der Waals surface area contributed by atoms with E-state index in [1.165, 1.54) is 37.0 Å². The lowest BCUT2D eigenvalue weighted by Gasteiger charge is -2.13. The summed E-state index contributed by atoms with van der Waals surface area (Å²) in [6.45, 7) is 0. The number of rotatable bonds is 3. The van der Waals surface area contributed by atoms with E-state index < -0.39 is 0 Å². The van der Waals surface area contributed by atoms with Crippen molar-refractivity contribution in [1.82, 2.24) is 0 Å². The second kappa shape index (κ2) is 7.24. The minimum absolute atomic E-state index is 1.24. The van der Waals surface area contributed by atoms with Gasteiger partial charge in [0.2, 0.25) is 0 Å². The van der Waals surface area contributed by atoms with Gasteiger partial charge >= 0.3 is 0 Å². The average Bonchev–Trinajstić information content (AvgIpc) is 2.69. The van der Waals surface area contributed by atoms with Gasteiger partial charge in [-0.3, -0.25) is 0 Å². The molecule has 0 nitrogen and oxygen atoms in total. The van der Waals surface area contributed by atoms with Crippen molar-refractivity contribution in [2.45, 2.75) is 0 Å². The fourth-order valence-electron chi connectivity index (χ4n) is 3.12. The van der Waals surface area contributed by atoms with Gasteiger partial charge in [0.15, 0.2) is 0 Å². The predicted octanol–water partition coefficient (Wildman–Crippen LogP) is 7.29. The highest BCUT2D eigenvalue weighted by Gasteiger charge is 2.10. The zero-order valence-electron chi connectivity index (χ0n) is 13.7. The first-order valence-electron chi connectivity index (χ1n) is 8.32. The lowest BCUT2D eigenvalue weighted by atomic mass is 9.91. The van der Waals surface area contributed by atoms with Crippen LogP contribution in [0.5, 0.6) is 0 Å². The van der Waals surface area contributed by atoms with E-state index in [2.05, 4.69) is 126 Å². The molecular formula is C24H17I. The van der Waals surface area contributed by atoms with Crippen LogP contribution >= 0.6 is 22.6 Å². The molecule has 0 atom stereocenters. The van der Waals surface area contributed by atoms with Crippen LogP contribution in [0.15, 0.2) is 103 Å². The molecule has 0 bridgehead atoms. The Labute approximate surface area is 162 Å². The molecule has 0 aliphatic rings. The molecule has 1 heteroatoms. The maximum Gasteiger partial charge on any atom is 0.0136 e. The molecule has 120 valence electrons. The molecule has 4 aromatic carbocycles. The van der Waals surface area contributed by atoms with Crippen LogP contribution < -0.4 is 0 Å². The molecule has 0 fully saturated rings. The highest BCUT2D eigenvalue weighted by molar-refractivity contribution is 14.1. The van der Waals surface area contributed by atoms with E-state index in [0.717, 1.165) is 0 Å². The summed E-state index contributed by atoms with van der Waals surface area (Å²) < 4.78 is 1.25. The van der Waals surface area contributed by atoms with Crippen molar-refractivity contribution in [2.24, 2.45) is 0 Å². The number of hydrogen-bond acceptors (Lipinski definition) is 0. The monoisotopic (exact) mass is 432 g/mol. The quantitative estimate of drug-likeness (QED) is 0.298. The van der Waals surface area contributed by atoms with Crippen molar-refractivity contribution in [1.29, 1.82) is 0 Å². The molecule has 25 heavy (non-hydrogen) atoms. The molecule has 0 aromatic heterocycles. The normalized spacial score (nSPS) is 10.6. The van der Waals surface area contributed by atoms with Crippen LogP contribution in [0.1, 0.15) is 0 Å². The summed E-state index contributed by atoms with van der Waals surface area (Å²) in [5, 5.41) is 0. The predicted molar refractivity (Wildman–Crippen MR) is 115 cm³/mol. The summed E-state index contributed by atoms with van der Waals surface area (Å²) in [6, 6.07) is 36.6. The Morgan fingerprint density at radius 3 is 1.72 bits per heavy atom. The second-order valence-corrected chi connectivity index (χ2v) is 7.25. The second-order valence-electron chi connectivity index (χ2n) is 6.00. The lowest BCUT2D eigenvalue weighted by Crippen LogP contribution is -1.88. The number of halogens is 1. The third-order valence-electron chi connectivity index (χ3n) is 4.35. The summed E-state index contributed by atoms with van der Waals surface area (Å²) in [4.78, 5) is 0. The van der Waals surface area contributed by atoms with Gasteiger partial charge in [-0.15, -0.1) is 0 Å². The van der Waals surface area contributed by atoms with Gasteiger partial charge < -0.3 is 0 Å². The standard InChI is InChI=1S/C24H17I/c25-22-13-7-12-21(16-22)23-15-14-20(18-8-3-1-4-9-18)17-24(23)19-10-5-2-6-11-19/h1-17H. The van der Waals surface area contributed by atoms with Crippen molar-refractivity contribution in [3.63, 3.8) is 0 Å². The SMILES string of the molecule is Ic1cccc(-c2ccc(-c3ccccc3)cc2-c2ccccc2)c1. The summed E-state index contributed by atoms with van der Waals surface area (Å²) in [5.41, 5.74) is 7.52. The first kappa shape index (κ1) is 16.1. The van der Waals surface area contributed by atoms with Gasteiger partial charge in [0.05, 0.1) is 0 Å². The minimum Gasteiger partial charge on any atom is -0.0622 e. The minimum atomic E-state index is 1.24. The molecule has 0 aliphatic carbocycles. The zero-order valence-corrected chi connectivity index (χ0v) is 15.9. The first-order valence-corrected chi connectivity index (χ1v) is 9.40. The Morgan fingerprint density at radius 1 is 0.400 bits per heavy atom. The van der Waals surface area contributed by atoms with Crippen LogP contribution in [0.4, 0.5) is 0 Å².